The third-order valence-corrected chi connectivity index (χ3v) is 2.72. The largest absolute Gasteiger partial charge is 0.351 e. The molecule has 0 saturated carbocycles. The van der Waals surface area contributed by atoms with Gasteiger partial charge in [0.25, 0.3) is 5.91 Å². The fraction of sp³-hybridized carbons (Fsp3) is 0.182. The van der Waals surface area contributed by atoms with Gasteiger partial charge < -0.3 is 9.84 Å². The van der Waals surface area contributed by atoms with Crippen molar-refractivity contribution in [3.8, 4) is 0 Å². The molecule has 0 fully saturated rings. The smallest absolute Gasteiger partial charge is 0.295 e. The zero-order chi connectivity index (χ0) is 12.4. The predicted octanol–water partition coefficient (Wildman–Crippen LogP) is 2.54. The van der Waals surface area contributed by atoms with Gasteiger partial charge in [-0.1, -0.05) is 5.16 Å². The van der Waals surface area contributed by atoms with Crippen molar-refractivity contribution in [2.45, 2.75) is 13.8 Å². The van der Waals surface area contributed by atoms with Crippen LogP contribution in [-0.2, 0) is 0 Å². The van der Waals surface area contributed by atoms with Crippen LogP contribution in [0.3, 0.4) is 0 Å². The quantitative estimate of drug-likeness (QED) is 0.851. The molecule has 0 saturated heterocycles. The van der Waals surface area contributed by atoms with E-state index in [1.54, 1.807) is 19.2 Å². The standard InChI is InChI=1S/C11H10IN3O2/c1-6-3-8(12)5-13-10(6)14-11(16)9-4-7(2)15-17-9/h3-5H,1-2H3,(H,13,14,16). The zero-order valence-electron chi connectivity index (χ0n) is 9.32. The highest BCUT2D eigenvalue weighted by Crippen LogP contribution is 2.15. The number of halogens is 1. The van der Waals surface area contributed by atoms with E-state index < -0.39 is 0 Å². The molecule has 2 aromatic heterocycles. The molecule has 2 aromatic rings. The van der Waals surface area contributed by atoms with Crippen LogP contribution in [0.1, 0.15) is 21.8 Å². The Morgan fingerprint density at radius 1 is 1.41 bits per heavy atom. The van der Waals surface area contributed by atoms with Gasteiger partial charge in [0.05, 0.1) is 5.69 Å². The Hall–Kier alpha value is -1.44. The Morgan fingerprint density at radius 3 is 2.76 bits per heavy atom. The number of pyridine rings is 1. The lowest BCUT2D eigenvalue weighted by Gasteiger charge is -2.05. The molecule has 17 heavy (non-hydrogen) atoms. The first-order valence-corrected chi connectivity index (χ1v) is 6.01. The molecule has 0 aliphatic carbocycles. The minimum absolute atomic E-state index is 0.183. The van der Waals surface area contributed by atoms with E-state index in [9.17, 15) is 4.79 Å². The Kier molecular flexibility index (Phi) is 3.41. The van der Waals surface area contributed by atoms with E-state index in [1.165, 1.54) is 0 Å². The Bertz CT molecular complexity index is 566. The number of hydrogen-bond acceptors (Lipinski definition) is 4. The SMILES string of the molecule is Cc1cc(C(=O)Nc2ncc(I)cc2C)on1. The van der Waals surface area contributed by atoms with Crippen molar-refractivity contribution in [1.29, 1.82) is 0 Å². The molecule has 2 rings (SSSR count). The van der Waals surface area contributed by atoms with Crippen molar-refractivity contribution < 1.29 is 9.32 Å². The summed E-state index contributed by atoms with van der Waals surface area (Å²) in [4.78, 5) is 15.9. The molecule has 0 aliphatic heterocycles. The maximum Gasteiger partial charge on any atom is 0.295 e. The molecule has 88 valence electrons. The number of rotatable bonds is 2. The summed E-state index contributed by atoms with van der Waals surface area (Å²) < 4.78 is 5.89. The molecular formula is C11H10IN3O2. The Labute approximate surface area is 112 Å². The Morgan fingerprint density at radius 2 is 2.18 bits per heavy atom. The molecular weight excluding hydrogens is 333 g/mol. The predicted molar refractivity (Wildman–Crippen MR) is 70.9 cm³/mol. The molecule has 0 aromatic carbocycles. The monoisotopic (exact) mass is 343 g/mol. The lowest BCUT2D eigenvalue weighted by atomic mass is 10.3. The van der Waals surface area contributed by atoms with Crippen molar-refractivity contribution in [3.05, 3.63) is 38.9 Å². The molecule has 0 radical (unpaired) electrons. The first-order valence-electron chi connectivity index (χ1n) is 4.93. The van der Waals surface area contributed by atoms with Gasteiger partial charge in [0.2, 0.25) is 5.76 Å². The number of hydrogen-bond donors (Lipinski definition) is 1. The van der Waals surface area contributed by atoms with Gasteiger partial charge in [-0.05, 0) is 48.1 Å². The summed E-state index contributed by atoms with van der Waals surface area (Å²) in [7, 11) is 0. The molecule has 5 nitrogen and oxygen atoms in total. The minimum atomic E-state index is -0.345. The third kappa shape index (κ3) is 2.82. The molecule has 0 aliphatic rings. The third-order valence-electron chi connectivity index (χ3n) is 2.13. The van der Waals surface area contributed by atoms with Crippen molar-refractivity contribution in [1.82, 2.24) is 10.1 Å². The van der Waals surface area contributed by atoms with Crippen LogP contribution in [0.2, 0.25) is 0 Å². The number of carbonyl (C=O) groups is 1. The van der Waals surface area contributed by atoms with Gasteiger partial charge in [-0.25, -0.2) is 4.98 Å². The summed E-state index contributed by atoms with van der Waals surface area (Å²) in [6, 6.07) is 3.52. The van der Waals surface area contributed by atoms with E-state index in [-0.39, 0.29) is 11.7 Å². The number of nitrogens with one attached hydrogen (secondary N) is 1. The highest BCUT2D eigenvalue weighted by molar-refractivity contribution is 14.1. The van der Waals surface area contributed by atoms with Gasteiger partial charge in [0.15, 0.2) is 0 Å². The molecule has 2 heterocycles. The lowest BCUT2D eigenvalue weighted by Crippen LogP contribution is -2.13. The minimum Gasteiger partial charge on any atom is -0.351 e. The van der Waals surface area contributed by atoms with Crippen molar-refractivity contribution in [2.75, 3.05) is 5.32 Å². The topological polar surface area (TPSA) is 68.0 Å². The van der Waals surface area contributed by atoms with Crippen LogP contribution in [0.5, 0.6) is 0 Å². The maximum atomic E-state index is 11.8. The maximum absolute atomic E-state index is 11.8. The van der Waals surface area contributed by atoms with Crippen molar-refractivity contribution in [2.24, 2.45) is 0 Å². The normalized spacial score (nSPS) is 10.3. The second kappa shape index (κ2) is 4.82. The van der Waals surface area contributed by atoms with Gasteiger partial charge in [0.1, 0.15) is 5.82 Å². The van der Waals surface area contributed by atoms with E-state index in [0.29, 0.717) is 11.5 Å². The fourth-order valence-electron chi connectivity index (χ4n) is 1.31. The van der Waals surface area contributed by atoms with Crippen LogP contribution in [0.15, 0.2) is 22.9 Å². The van der Waals surface area contributed by atoms with Crippen molar-refractivity contribution in [3.63, 3.8) is 0 Å². The van der Waals surface area contributed by atoms with Crippen LogP contribution < -0.4 is 5.32 Å². The average Bonchev–Trinajstić information content (AvgIpc) is 2.69. The van der Waals surface area contributed by atoms with E-state index in [2.05, 4.69) is 38.0 Å². The summed E-state index contributed by atoms with van der Waals surface area (Å²) in [5, 5.41) is 6.34. The highest BCUT2D eigenvalue weighted by Gasteiger charge is 2.13. The first kappa shape index (κ1) is 12.0. The first-order chi connectivity index (χ1) is 8.06. The summed E-state index contributed by atoms with van der Waals surface area (Å²) >= 11 is 2.17. The summed E-state index contributed by atoms with van der Waals surface area (Å²) in [5.74, 6) is 0.370. The average molecular weight is 343 g/mol. The van der Waals surface area contributed by atoms with Gasteiger partial charge in [-0.3, -0.25) is 4.79 Å². The van der Waals surface area contributed by atoms with E-state index in [0.717, 1.165) is 9.13 Å². The number of amides is 1. The second-order valence-corrected chi connectivity index (χ2v) is 4.85. The number of aromatic nitrogens is 2. The van der Waals surface area contributed by atoms with Gasteiger partial charge in [-0.2, -0.15) is 0 Å². The highest BCUT2D eigenvalue weighted by atomic mass is 127. The van der Waals surface area contributed by atoms with Crippen molar-refractivity contribution >= 4 is 34.3 Å². The molecule has 0 spiro atoms. The van der Waals surface area contributed by atoms with Gasteiger partial charge >= 0.3 is 0 Å². The van der Waals surface area contributed by atoms with Crippen LogP contribution in [0.4, 0.5) is 5.82 Å². The summed E-state index contributed by atoms with van der Waals surface area (Å²) in [6.45, 7) is 3.64. The van der Waals surface area contributed by atoms with E-state index in [4.69, 9.17) is 4.52 Å². The number of aryl methyl sites for hydroxylation is 2. The van der Waals surface area contributed by atoms with Gasteiger partial charge in [0, 0.05) is 15.8 Å². The molecule has 1 amide bonds. The van der Waals surface area contributed by atoms with Crippen LogP contribution in [-0.4, -0.2) is 16.0 Å². The molecule has 0 bridgehead atoms. The van der Waals surface area contributed by atoms with E-state index in [1.807, 2.05) is 13.0 Å². The zero-order valence-corrected chi connectivity index (χ0v) is 11.5. The van der Waals surface area contributed by atoms with Crippen LogP contribution in [0, 0.1) is 17.4 Å². The molecule has 6 heteroatoms. The summed E-state index contributed by atoms with van der Waals surface area (Å²) in [5.41, 5.74) is 1.57. The fourth-order valence-corrected chi connectivity index (χ4v) is 1.92. The Balaban J connectivity index is 2.18. The molecule has 0 unspecified atom stereocenters. The lowest BCUT2D eigenvalue weighted by molar-refractivity contribution is 0.0987. The number of carbonyl (C=O) groups excluding carboxylic acids is 1. The van der Waals surface area contributed by atoms with Gasteiger partial charge in [-0.15, -0.1) is 0 Å². The van der Waals surface area contributed by atoms with E-state index >= 15 is 0 Å². The summed E-state index contributed by atoms with van der Waals surface area (Å²) in [6.07, 6.45) is 1.69. The van der Waals surface area contributed by atoms with Crippen LogP contribution >= 0.6 is 22.6 Å². The molecule has 0 atom stereocenters. The van der Waals surface area contributed by atoms with Crippen LogP contribution in [0.25, 0.3) is 0 Å². The molecule has 1 N–H and O–H groups in total. The number of anilines is 1. The number of nitrogens with zero attached hydrogens (tertiary/aromatic N) is 2. The second-order valence-electron chi connectivity index (χ2n) is 3.61.